The van der Waals surface area contributed by atoms with Crippen molar-refractivity contribution >= 4 is 17.3 Å². The van der Waals surface area contributed by atoms with E-state index >= 15 is 0 Å². The Morgan fingerprint density at radius 3 is 2.94 bits per heavy atom. The van der Waals surface area contributed by atoms with Crippen molar-refractivity contribution in [2.45, 2.75) is 19.4 Å². The second kappa shape index (κ2) is 5.27. The molecule has 1 aromatic carbocycles. The van der Waals surface area contributed by atoms with Crippen LogP contribution < -0.4 is 11.5 Å². The Morgan fingerprint density at radius 2 is 2.28 bits per heavy atom. The Labute approximate surface area is 107 Å². The summed E-state index contributed by atoms with van der Waals surface area (Å²) < 4.78 is 5.55. The molecule has 0 aromatic heterocycles. The summed E-state index contributed by atoms with van der Waals surface area (Å²) >= 11 is 0. The van der Waals surface area contributed by atoms with Crippen LogP contribution >= 0.6 is 0 Å². The molecule has 98 valence electrons. The highest BCUT2D eigenvalue weighted by Gasteiger charge is 2.24. The molecule has 1 unspecified atom stereocenters. The van der Waals surface area contributed by atoms with E-state index in [1.165, 1.54) is 0 Å². The van der Waals surface area contributed by atoms with Crippen LogP contribution in [0.4, 0.5) is 11.4 Å². The lowest BCUT2D eigenvalue weighted by molar-refractivity contribution is -0.0225. The molecule has 0 bridgehead atoms. The summed E-state index contributed by atoms with van der Waals surface area (Å²) in [4.78, 5) is 14.1. The van der Waals surface area contributed by atoms with Crippen molar-refractivity contribution < 1.29 is 9.53 Å². The molecule has 4 N–H and O–H groups in total. The Hall–Kier alpha value is -1.75. The molecule has 5 nitrogen and oxygen atoms in total. The average molecular weight is 249 g/mol. The standard InChI is InChI=1S/C13H19N3O2/c1-2-10-8-16(5-6-18-10)13(17)11-4-3-9(14)7-12(11)15/h3-4,7,10H,2,5-6,8,14-15H2,1H3. The molecule has 1 aliphatic heterocycles. The first-order valence-electron chi connectivity index (χ1n) is 6.17. The van der Waals surface area contributed by atoms with Crippen molar-refractivity contribution in [3.8, 4) is 0 Å². The minimum Gasteiger partial charge on any atom is -0.399 e. The molecular formula is C13H19N3O2. The number of hydrogen-bond donors (Lipinski definition) is 2. The topological polar surface area (TPSA) is 81.6 Å². The monoisotopic (exact) mass is 249 g/mol. The van der Waals surface area contributed by atoms with Gasteiger partial charge in [0.2, 0.25) is 0 Å². The summed E-state index contributed by atoms with van der Waals surface area (Å²) in [5.74, 6) is -0.0470. The number of nitrogens with two attached hydrogens (primary N) is 2. The van der Waals surface area contributed by atoms with Gasteiger partial charge in [-0.05, 0) is 24.6 Å². The van der Waals surface area contributed by atoms with Crippen molar-refractivity contribution in [2.75, 3.05) is 31.2 Å². The third-order valence-corrected chi connectivity index (χ3v) is 3.19. The highest BCUT2D eigenvalue weighted by molar-refractivity contribution is 5.99. The maximum absolute atomic E-state index is 12.3. The molecule has 0 radical (unpaired) electrons. The quantitative estimate of drug-likeness (QED) is 0.769. The summed E-state index contributed by atoms with van der Waals surface area (Å²) in [7, 11) is 0. The number of ether oxygens (including phenoxy) is 1. The normalized spacial score (nSPS) is 19.8. The van der Waals surface area contributed by atoms with Gasteiger partial charge in [-0.2, -0.15) is 0 Å². The second-order valence-electron chi connectivity index (χ2n) is 4.50. The van der Waals surface area contributed by atoms with Crippen molar-refractivity contribution in [2.24, 2.45) is 0 Å². The molecule has 1 saturated heterocycles. The summed E-state index contributed by atoms with van der Waals surface area (Å²) in [6.45, 7) is 3.87. The van der Waals surface area contributed by atoms with Crippen LogP contribution in [0.2, 0.25) is 0 Å². The van der Waals surface area contributed by atoms with E-state index in [2.05, 4.69) is 6.92 Å². The van der Waals surface area contributed by atoms with Gasteiger partial charge < -0.3 is 21.1 Å². The molecule has 1 aromatic rings. The van der Waals surface area contributed by atoms with Crippen LogP contribution in [-0.4, -0.2) is 36.6 Å². The van der Waals surface area contributed by atoms with Crippen LogP contribution in [0.15, 0.2) is 18.2 Å². The molecule has 0 saturated carbocycles. The Kier molecular flexibility index (Phi) is 3.72. The van der Waals surface area contributed by atoms with Crippen LogP contribution in [0.1, 0.15) is 23.7 Å². The zero-order valence-electron chi connectivity index (χ0n) is 10.6. The van der Waals surface area contributed by atoms with E-state index in [1.807, 2.05) is 0 Å². The van der Waals surface area contributed by atoms with Gasteiger partial charge in [-0.1, -0.05) is 6.92 Å². The Morgan fingerprint density at radius 1 is 1.50 bits per heavy atom. The lowest BCUT2D eigenvalue weighted by Gasteiger charge is -2.32. The van der Waals surface area contributed by atoms with E-state index in [-0.39, 0.29) is 12.0 Å². The molecule has 1 aliphatic rings. The number of amides is 1. The summed E-state index contributed by atoms with van der Waals surface area (Å²) in [5, 5.41) is 0. The molecule has 0 aliphatic carbocycles. The predicted molar refractivity (Wildman–Crippen MR) is 71.2 cm³/mol. The number of rotatable bonds is 2. The number of hydrogen-bond acceptors (Lipinski definition) is 4. The molecular weight excluding hydrogens is 230 g/mol. The number of carbonyl (C=O) groups excluding carboxylic acids is 1. The highest BCUT2D eigenvalue weighted by atomic mass is 16.5. The van der Waals surface area contributed by atoms with Crippen LogP contribution in [0, 0.1) is 0 Å². The molecule has 1 amide bonds. The number of benzene rings is 1. The maximum Gasteiger partial charge on any atom is 0.256 e. The number of nitrogens with zero attached hydrogens (tertiary/aromatic N) is 1. The largest absolute Gasteiger partial charge is 0.399 e. The first-order chi connectivity index (χ1) is 8.61. The fraction of sp³-hybridized carbons (Fsp3) is 0.462. The smallest absolute Gasteiger partial charge is 0.256 e. The summed E-state index contributed by atoms with van der Waals surface area (Å²) in [6, 6.07) is 5.00. The number of carbonyl (C=O) groups is 1. The summed E-state index contributed by atoms with van der Waals surface area (Å²) in [5.41, 5.74) is 13.0. The lowest BCUT2D eigenvalue weighted by Crippen LogP contribution is -2.45. The molecule has 2 rings (SSSR count). The van der Waals surface area contributed by atoms with Gasteiger partial charge >= 0.3 is 0 Å². The van der Waals surface area contributed by atoms with Gasteiger partial charge in [0, 0.05) is 24.5 Å². The molecule has 1 atom stereocenters. The van der Waals surface area contributed by atoms with Crippen molar-refractivity contribution in [1.29, 1.82) is 0 Å². The average Bonchev–Trinajstić information content (AvgIpc) is 2.38. The SMILES string of the molecule is CCC1CN(C(=O)c2ccc(N)cc2N)CCO1. The van der Waals surface area contributed by atoms with Crippen molar-refractivity contribution in [3.05, 3.63) is 23.8 Å². The van der Waals surface area contributed by atoms with Gasteiger partial charge in [0.05, 0.1) is 18.3 Å². The fourth-order valence-corrected chi connectivity index (χ4v) is 2.10. The van der Waals surface area contributed by atoms with Crippen LogP contribution in [0.25, 0.3) is 0 Å². The third kappa shape index (κ3) is 2.56. The number of morpholine rings is 1. The third-order valence-electron chi connectivity index (χ3n) is 3.19. The minimum absolute atomic E-state index is 0.0470. The van der Waals surface area contributed by atoms with E-state index in [0.29, 0.717) is 36.6 Å². The van der Waals surface area contributed by atoms with E-state index < -0.39 is 0 Å². The molecule has 18 heavy (non-hydrogen) atoms. The van der Waals surface area contributed by atoms with Crippen LogP contribution in [0.3, 0.4) is 0 Å². The number of nitrogen functional groups attached to an aromatic ring is 2. The zero-order valence-corrected chi connectivity index (χ0v) is 10.6. The van der Waals surface area contributed by atoms with Gasteiger partial charge in [-0.25, -0.2) is 0 Å². The molecule has 1 heterocycles. The lowest BCUT2D eigenvalue weighted by atomic mass is 10.1. The highest BCUT2D eigenvalue weighted by Crippen LogP contribution is 2.19. The zero-order chi connectivity index (χ0) is 13.1. The molecule has 0 spiro atoms. The van der Waals surface area contributed by atoms with Gasteiger partial charge in [-0.3, -0.25) is 4.79 Å². The van der Waals surface area contributed by atoms with E-state index in [4.69, 9.17) is 16.2 Å². The second-order valence-corrected chi connectivity index (χ2v) is 4.50. The number of anilines is 2. The van der Waals surface area contributed by atoms with E-state index in [9.17, 15) is 4.79 Å². The Bertz CT molecular complexity index is 448. The molecule has 5 heteroatoms. The first-order valence-corrected chi connectivity index (χ1v) is 6.17. The van der Waals surface area contributed by atoms with Gasteiger partial charge in [-0.15, -0.1) is 0 Å². The Balaban J connectivity index is 2.15. The predicted octanol–water partition coefficient (Wildman–Crippen LogP) is 1.10. The van der Waals surface area contributed by atoms with Crippen LogP contribution in [0.5, 0.6) is 0 Å². The maximum atomic E-state index is 12.3. The minimum atomic E-state index is -0.0470. The van der Waals surface area contributed by atoms with E-state index in [1.54, 1.807) is 23.1 Å². The van der Waals surface area contributed by atoms with Gasteiger partial charge in [0.15, 0.2) is 0 Å². The van der Waals surface area contributed by atoms with E-state index in [0.717, 1.165) is 6.42 Å². The fourth-order valence-electron chi connectivity index (χ4n) is 2.10. The summed E-state index contributed by atoms with van der Waals surface area (Å²) in [6.07, 6.45) is 1.03. The van der Waals surface area contributed by atoms with Crippen molar-refractivity contribution in [3.63, 3.8) is 0 Å². The van der Waals surface area contributed by atoms with Gasteiger partial charge in [0.1, 0.15) is 0 Å². The molecule has 1 fully saturated rings. The van der Waals surface area contributed by atoms with Gasteiger partial charge in [0.25, 0.3) is 5.91 Å². The van der Waals surface area contributed by atoms with Crippen LogP contribution in [-0.2, 0) is 4.74 Å². The first kappa shape index (κ1) is 12.7. The van der Waals surface area contributed by atoms with Crippen molar-refractivity contribution in [1.82, 2.24) is 4.90 Å².